The Hall–Kier alpha value is 0.0600. The van der Waals surface area contributed by atoms with E-state index in [9.17, 15) is 4.79 Å². The predicted molar refractivity (Wildman–Crippen MR) is 71.2 cm³/mol. The number of rotatable bonds is 2. The highest BCUT2D eigenvalue weighted by atomic mass is 127. The Balaban J connectivity index is 2.82. The zero-order valence-electron chi connectivity index (χ0n) is 7.42. The second-order valence-corrected chi connectivity index (χ2v) is 5.22. The Morgan fingerprint density at radius 3 is 2.79 bits per heavy atom. The third-order valence-corrected chi connectivity index (χ3v) is 2.79. The van der Waals surface area contributed by atoms with Crippen LogP contribution < -0.4 is 5.32 Å². The van der Waals surface area contributed by atoms with Gasteiger partial charge in [0.2, 0.25) is 5.91 Å². The molecule has 0 spiro atoms. The number of thiol groups is 1. The summed E-state index contributed by atoms with van der Waals surface area (Å²) in [5.41, 5.74) is 0.623. The van der Waals surface area contributed by atoms with Crippen LogP contribution in [-0.4, -0.2) is 11.2 Å². The minimum Gasteiger partial charge on any atom is -0.324 e. The number of nitrogens with one attached hydrogen (secondary N) is 1. The summed E-state index contributed by atoms with van der Waals surface area (Å²) in [7, 11) is 0. The summed E-state index contributed by atoms with van der Waals surface area (Å²) in [6.45, 7) is 1.71. The van der Waals surface area contributed by atoms with E-state index in [0.717, 1.165) is 3.57 Å². The third-order valence-electron chi connectivity index (χ3n) is 1.57. The molecule has 76 valence electrons. The standard InChI is InChI=1S/C9H9ClINOS/c1-5(14)9(13)12-8-3-2-6(11)4-7(8)10/h2-5,14H,1H3,(H,12,13). The number of halogens is 2. The molecule has 1 aromatic carbocycles. The van der Waals surface area contributed by atoms with E-state index < -0.39 is 0 Å². The third kappa shape index (κ3) is 3.33. The Morgan fingerprint density at radius 2 is 2.29 bits per heavy atom. The van der Waals surface area contributed by atoms with Crippen molar-refractivity contribution >= 4 is 58.4 Å². The van der Waals surface area contributed by atoms with Gasteiger partial charge in [0.05, 0.1) is 16.0 Å². The summed E-state index contributed by atoms with van der Waals surface area (Å²) in [5, 5.41) is 2.88. The summed E-state index contributed by atoms with van der Waals surface area (Å²) in [6, 6.07) is 5.45. The van der Waals surface area contributed by atoms with Gasteiger partial charge in [-0.2, -0.15) is 12.6 Å². The first kappa shape index (κ1) is 12.1. The van der Waals surface area contributed by atoms with E-state index in [0.29, 0.717) is 10.7 Å². The van der Waals surface area contributed by atoms with Gasteiger partial charge in [0.25, 0.3) is 0 Å². The van der Waals surface area contributed by atoms with Crippen molar-refractivity contribution in [2.45, 2.75) is 12.2 Å². The van der Waals surface area contributed by atoms with Gasteiger partial charge in [-0.1, -0.05) is 11.6 Å². The zero-order chi connectivity index (χ0) is 10.7. The first-order valence-electron chi connectivity index (χ1n) is 3.94. The monoisotopic (exact) mass is 341 g/mol. The number of carbonyl (C=O) groups excluding carboxylic acids is 1. The lowest BCUT2D eigenvalue weighted by Gasteiger charge is -2.08. The number of anilines is 1. The molecular formula is C9H9ClINOS. The van der Waals surface area contributed by atoms with Crippen molar-refractivity contribution in [1.29, 1.82) is 0 Å². The fourth-order valence-corrected chi connectivity index (χ4v) is 1.80. The van der Waals surface area contributed by atoms with E-state index in [2.05, 4.69) is 40.5 Å². The molecule has 0 aliphatic carbocycles. The summed E-state index contributed by atoms with van der Waals surface area (Å²) >= 11 is 12.1. The second kappa shape index (κ2) is 5.23. The number of benzene rings is 1. The number of carbonyl (C=O) groups is 1. The molecule has 0 aliphatic rings. The smallest absolute Gasteiger partial charge is 0.236 e. The Morgan fingerprint density at radius 1 is 1.64 bits per heavy atom. The molecule has 0 saturated heterocycles. The van der Waals surface area contributed by atoms with Crippen molar-refractivity contribution in [3.05, 3.63) is 26.8 Å². The minimum atomic E-state index is -0.342. The SMILES string of the molecule is CC(S)C(=O)Nc1ccc(I)cc1Cl. The van der Waals surface area contributed by atoms with Crippen molar-refractivity contribution < 1.29 is 4.79 Å². The summed E-state index contributed by atoms with van der Waals surface area (Å²) < 4.78 is 1.03. The van der Waals surface area contributed by atoms with E-state index in [1.54, 1.807) is 19.1 Å². The minimum absolute atomic E-state index is 0.156. The van der Waals surface area contributed by atoms with Crippen molar-refractivity contribution in [3.63, 3.8) is 0 Å². The Kier molecular flexibility index (Phi) is 4.53. The molecule has 1 amide bonds. The lowest BCUT2D eigenvalue weighted by Crippen LogP contribution is -2.20. The fraction of sp³-hybridized carbons (Fsp3) is 0.222. The summed E-state index contributed by atoms with van der Waals surface area (Å²) in [6.07, 6.45) is 0. The van der Waals surface area contributed by atoms with E-state index in [4.69, 9.17) is 11.6 Å². The van der Waals surface area contributed by atoms with Gasteiger partial charge in [-0.15, -0.1) is 0 Å². The van der Waals surface area contributed by atoms with Crippen LogP contribution in [0.5, 0.6) is 0 Å². The molecule has 1 rings (SSSR count). The Bertz CT molecular complexity index is 357. The number of hydrogen-bond donors (Lipinski definition) is 2. The highest BCUT2D eigenvalue weighted by Gasteiger charge is 2.09. The largest absolute Gasteiger partial charge is 0.324 e. The molecule has 0 saturated carbocycles. The average molecular weight is 342 g/mol. The molecule has 2 nitrogen and oxygen atoms in total. The fourth-order valence-electron chi connectivity index (χ4n) is 0.828. The highest BCUT2D eigenvalue weighted by Crippen LogP contribution is 2.24. The van der Waals surface area contributed by atoms with E-state index in [-0.39, 0.29) is 11.2 Å². The van der Waals surface area contributed by atoms with Crippen LogP contribution in [0.4, 0.5) is 5.69 Å². The molecule has 14 heavy (non-hydrogen) atoms. The molecule has 0 radical (unpaired) electrons. The van der Waals surface area contributed by atoms with Gasteiger partial charge in [-0.3, -0.25) is 4.79 Å². The maximum absolute atomic E-state index is 11.3. The molecule has 0 heterocycles. The topological polar surface area (TPSA) is 29.1 Å². The van der Waals surface area contributed by atoms with Gasteiger partial charge in [0.15, 0.2) is 0 Å². The van der Waals surface area contributed by atoms with E-state index >= 15 is 0 Å². The zero-order valence-corrected chi connectivity index (χ0v) is 11.2. The van der Waals surface area contributed by atoms with E-state index in [1.807, 2.05) is 6.07 Å². The highest BCUT2D eigenvalue weighted by molar-refractivity contribution is 14.1. The number of amides is 1. The van der Waals surface area contributed by atoms with Gasteiger partial charge >= 0.3 is 0 Å². The maximum Gasteiger partial charge on any atom is 0.236 e. The summed E-state index contributed by atoms with van der Waals surface area (Å²) in [5.74, 6) is -0.156. The van der Waals surface area contributed by atoms with Crippen molar-refractivity contribution in [2.24, 2.45) is 0 Å². The quantitative estimate of drug-likeness (QED) is 0.628. The molecule has 1 aromatic rings. The van der Waals surface area contributed by atoms with Crippen molar-refractivity contribution in [2.75, 3.05) is 5.32 Å². The molecule has 1 atom stereocenters. The van der Waals surface area contributed by atoms with Crippen LogP contribution in [0, 0.1) is 3.57 Å². The van der Waals surface area contributed by atoms with Gasteiger partial charge < -0.3 is 5.32 Å². The van der Waals surface area contributed by atoms with Crippen LogP contribution in [0.15, 0.2) is 18.2 Å². The predicted octanol–water partition coefficient (Wildman–Crippen LogP) is 3.20. The van der Waals surface area contributed by atoms with E-state index in [1.165, 1.54) is 0 Å². The van der Waals surface area contributed by atoms with Crippen LogP contribution in [0.25, 0.3) is 0 Å². The van der Waals surface area contributed by atoms with Crippen LogP contribution in [0.3, 0.4) is 0 Å². The van der Waals surface area contributed by atoms with Crippen LogP contribution in [-0.2, 0) is 4.79 Å². The van der Waals surface area contributed by atoms with Gasteiger partial charge in [0, 0.05) is 3.57 Å². The lowest BCUT2D eigenvalue weighted by atomic mass is 10.3. The molecule has 1 N–H and O–H groups in total. The molecule has 1 unspecified atom stereocenters. The Labute approximate surface area is 107 Å². The lowest BCUT2D eigenvalue weighted by molar-refractivity contribution is -0.115. The van der Waals surface area contributed by atoms with Crippen molar-refractivity contribution in [1.82, 2.24) is 0 Å². The average Bonchev–Trinajstić information content (AvgIpc) is 2.09. The molecular weight excluding hydrogens is 333 g/mol. The molecule has 0 aromatic heterocycles. The van der Waals surface area contributed by atoms with Gasteiger partial charge in [-0.05, 0) is 47.7 Å². The summed E-state index contributed by atoms with van der Waals surface area (Å²) in [4.78, 5) is 11.3. The van der Waals surface area contributed by atoms with Crippen LogP contribution >= 0.6 is 46.8 Å². The van der Waals surface area contributed by atoms with Crippen molar-refractivity contribution in [3.8, 4) is 0 Å². The van der Waals surface area contributed by atoms with Crippen LogP contribution in [0.1, 0.15) is 6.92 Å². The molecule has 0 bridgehead atoms. The van der Waals surface area contributed by atoms with Crippen LogP contribution in [0.2, 0.25) is 5.02 Å². The van der Waals surface area contributed by atoms with Gasteiger partial charge in [0.1, 0.15) is 0 Å². The first-order chi connectivity index (χ1) is 6.50. The first-order valence-corrected chi connectivity index (χ1v) is 5.92. The molecule has 5 heteroatoms. The molecule has 0 fully saturated rings. The molecule has 0 aliphatic heterocycles. The second-order valence-electron chi connectivity index (χ2n) is 2.79. The normalized spacial score (nSPS) is 12.3. The number of hydrogen-bond acceptors (Lipinski definition) is 2. The maximum atomic E-state index is 11.3. The van der Waals surface area contributed by atoms with Gasteiger partial charge in [-0.25, -0.2) is 0 Å².